The van der Waals surface area contributed by atoms with Crippen molar-refractivity contribution in [3.05, 3.63) is 28.7 Å². The maximum Gasteiger partial charge on any atom is 0.265 e. The summed E-state index contributed by atoms with van der Waals surface area (Å²) in [6.07, 6.45) is 1.81. The minimum Gasteiger partial charge on any atom is -0.454 e. The zero-order chi connectivity index (χ0) is 12.7. The van der Waals surface area contributed by atoms with E-state index in [1.165, 1.54) is 16.7 Å². The first-order chi connectivity index (χ1) is 8.65. The van der Waals surface area contributed by atoms with Crippen LogP contribution in [0.4, 0.5) is 0 Å². The molecule has 0 saturated carbocycles. The molecule has 2 aliphatic rings. The molecule has 0 spiro atoms. The molecule has 1 amide bonds. The topological polar surface area (TPSA) is 38.8 Å². The van der Waals surface area contributed by atoms with Crippen LogP contribution in [0.5, 0.6) is 11.5 Å². The Morgan fingerprint density at radius 2 is 2.17 bits per heavy atom. The molecule has 0 atom stereocenters. The Hall–Kier alpha value is -1.53. The van der Waals surface area contributed by atoms with E-state index in [0.717, 1.165) is 11.3 Å². The number of benzene rings is 1. The number of amides is 1. The van der Waals surface area contributed by atoms with Crippen molar-refractivity contribution in [2.24, 2.45) is 0 Å². The number of hydrogen-bond acceptors (Lipinski definition) is 5. The zero-order valence-electron chi connectivity index (χ0n) is 9.50. The summed E-state index contributed by atoms with van der Waals surface area (Å²) in [5, 5.41) is 0. The molecule has 3 rings (SSSR count). The highest BCUT2D eigenvalue weighted by atomic mass is 32.2. The number of thiocarbonyl (C=S) groups is 1. The van der Waals surface area contributed by atoms with E-state index in [-0.39, 0.29) is 12.7 Å². The van der Waals surface area contributed by atoms with Crippen LogP contribution in [0.25, 0.3) is 6.08 Å². The largest absolute Gasteiger partial charge is 0.454 e. The molecule has 4 nitrogen and oxygen atoms in total. The van der Waals surface area contributed by atoms with Gasteiger partial charge in [-0.05, 0) is 23.8 Å². The number of hydrogen-bond donors (Lipinski definition) is 0. The molecule has 0 bridgehead atoms. The van der Waals surface area contributed by atoms with Gasteiger partial charge in [0.05, 0.1) is 4.91 Å². The van der Waals surface area contributed by atoms with Crippen molar-refractivity contribution < 1.29 is 14.3 Å². The number of rotatable bonds is 1. The monoisotopic (exact) mass is 279 g/mol. The molecular weight excluding hydrogens is 270 g/mol. The molecule has 0 radical (unpaired) electrons. The standard InChI is InChI=1S/C12H9NO3S2/c1-13-11(14)10(18-12(13)17)5-7-2-3-8-9(4-7)16-6-15-8/h2-5H,6H2,1H3/b10-5-. The molecule has 1 saturated heterocycles. The third kappa shape index (κ3) is 1.87. The Morgan fingerprint density at radius 1 is 1.39 bits per heavy atom. The normalized spacial score (nSPS) is 20.1. The molecule has 0 N–H and O–H groups in total. The van der Waals surface area contributed by atoms with Crippen LogP contribution in [0.3, 0.4) is 0 Å². The van der Waals surface area contributed by atoms with Crippen molar-refractivity contribution in [3.63, 3.8) is 0 Å². The summed E-state index contributed by atoms with van der Waals surface area (Å²) in [5.74, 6) is 1.37. The van der Waals surface area contributed by atoms with Gasteiger partial charge in [-0.15, -0.1) is 0 Å². The van der Waals surface area contributed by atoms with E-state index in [1.54, 1.807) is 7.05 Å². The Morgan fingerprint density at radius 3 is 2.89 bits per heavy atom. The average molecular weight is 279 g/mol. The van der Waals surface area contributed by atoms with Gasteiger partial charge in [0.15, 0.2) is 11.5 Å². The Balaban J connectivity index is 1.93. The van der Waals surface area contributed by atoms with Gasteiger partial charge in [-0.3, -0.25) is 9.69 Å². The van der Waals surface area contributed by atoms with Crippen LogP contribution >= 0.6 is 24.0 Å². The lowest BCUT2D eigenvalue weighted by Crippen LogP contribution is -2.22. The fraction of sp³-hybridized carbons (Fsp3) is 0.167. The predicted octanol–water partition coefficient (Wildman–Crippen LogP) is 2.25. The minimum absolute atomic E-state index is 0.0670. The molecule has 1 aromatic rings. The number of nitrogens with zero attached hydrogens (tertiary/aromatic N) is 1. The van der Waals surface area contributed by atoms with Crippen LogP contribution in [-0.2, 0) is 4.79 Å². The molecular formula is C12H9NO3S2. The van der Waals surface area contributed by atoms with Gasteiger partial charge in [0.25, 0.3) is 5.91 Å². The lowest BCUT2D eigenvalue weighted by molar-refractivity contribution is -0.121. The molecule has 0 aromatic heterocycles. The van der Waals surface area contributed by atoms with Crippen molar-refractivity contribution >= 4 is 40.3 Å². The lowest BCUT2D eigenvalue weighted by atomic mass is 10.2. The van der Waals surface area contributed by atoms with Crippen molar-refractivity contribution in [2.75, 3.05) is 13.8 Å². The number of thioether (sulfide) groups is 1. The summed E-state index contributed by atoms with van der Waals surface area (Å²) in [6, 6.07) is 5.57. The van der Waals surface area contributed by atoms with Crippen LogP contribution in [0, 0.1) is 0 Å². The van der Waals surface area contributed by atoms with Gasteiger partial charge < -0.3 is 9.47 Å². The Labute approximate surface area is 114 Å². The first-order valence-electron chi connectivity index (χ1n) is 5.26. The summed E-state index contributed by atoms with van der Waals surface area (Å²) in [4.78, 5) is 13.9. The average Bonchev–Trinajstić information content (AvgIpc) is 2.91. The molecule has 1 fully saturated rings. The van der Waals surface area contributed by atoms with Gasteiger partial charge in [0.1, 0.15) is 4.32 Å². The van der Waals surface area contributed by atoms with E-state index < -0.39 is 0 Å². The lowest BCUT2D eigenvalue weighted by Gasteiger charge is -2.03. The molecule has 0 aliphatic carbocycles. The SMILES string of the molecule is CN1C(=O)/C(=C/c2ccc3c(c2)OCO3)SC1=S. The van der Waals surface area contributed by atoms with Gasteiger partial charge in [0, 0.05) is 7.05 Å². The summed E-state index contributed by atoms with van der Waals surface area (Å²) >= 11 is 6.38. The molecule has 2 aliphatic heterocycles. The quantitative estimate of drug-likeness (QED) is 0.582. The highest BCUT2D eigenvalue weighted by molar-refractivity contribution is 8.26. The van der Waals surface area contributed by atoms with Crippen molar-refractivity contribution in [2.45, 2.75) is 0 Å². The van der Waals surface area contributed by atoms with Gasteiger partial charge in [0.2, 0.25) is 6.79 Å². The fourth-order valence-corrected chi connectivity index (χ4v) is 2.88. The van der Waals surface area contributed by atoms with Crippen LogP contribution < -0.4 is 9.47 Å². The van der Waals surface area contributed by atoms with Crippen LogP contribution in [0.1, 0.15) is 5.56 Å². The maximum absolute atomic E-state index is 11.8. The third-order valence-electron chi connectivity index (χ3n) is 2.68. The number of fused-ring (bicyclic) bond motifs is 1. The predicted molar refractivity (Wildman–Crippen MR) is 73.5 cm³/mol. The van der Waals surface area contributed by atoms with Crippen molar-refractivity contribution in [1.82, 2.24) is 4.90 Å². The third-order valence-corrected chi connectivity index (χ3v) is 4.17. The van der Waals surface area contributed by atoms with E-state index in [2.05, 4.69) is 0 Å². The van der Waals surface area contributed by atoms with E-state index in [1.807, 2.05) is 24.3 Å². The van der Waals surface area contributed by atoms with Crippen LogP contribution in [-0.4, -0.2) is 29.0 Å². The van der Waals surface area contributed by atoms with E-state index >= 15 is 0 Å². The van der Waals surface area contributed by atoms with Gasteiger partial charge in [-0.25, -0.2) is 0 Å². The summed E-state index contributed by atoms with van der Waals surface area (Å²) in [6.45, 7) is 0.246. The zero-order valence-corrected chi connectivity index (χ0v) is 11.1. The number of likely N-dealkylation sites (N-methyl/N-ethyl adjacent to an activating group) is 1. The summed E-state index contributed by atoms with van der Waals surface area (Å²) < 4.78 is 11.1. The summed E-state index contributed by atoms with van der Waals surface area (Å²) in [7, 11) is 1.68. The Bertz CT molecular complexity index is 583. The first-order valence-corrected chi connectivity index (χ1v) is 6.49. The molecule has 92 valence electrons. The Kier molecular flexibility index (Phi) is 2.76. The number of ether oxygens (including phenoxy) is 2. The second-order valence-corrected chi connectivity index (χ2v) is 5.53. The minimum atomic E-state index is -0.0670. The fourth-order valence-electron chi connectivity index (χ4n) is 1.70. The van der Waals surface area contributed by atoms with E-state index in [9.17, 15) is 4.79 Å². The van der Waals surface area contributed by atoms with E-state index in [4.69, 9.17) is 21.7 Å². The molecule has 18 heavy (non-hydrogen) atoms. The van der Waals surface area contributed by atoms with Gasteiger partial charge in [-0.2, -0.15) is 0 Å². The number of carbonyl (C=O) groups is 1. The molecule has 2 heterocycles. The molecule has 0 unspecified atom stereocenters. The molecule has 1 aromatic carbocycles. The highest BCUT2D eigenvalue weighted by Crippen LogP contribution is 2.35. The van der Waals surface area contributed by atoms with Crippen molar-refractivity contribution in [1.29, 1.82) is 0 Å². The first kappa shape index (κ1) is 11.6. The van der Waals surface area contributed by atoms with Gasteiger partial charge in [-0.1, -0.05) is 30.0 Å². The van der Waals surface area contributed by atoms with Crippen molar-refractivity contribution in [3.8, 4) is 11.5 Å². The van der Waals surface area contributed by atoms with Crippen LogP contribution in [0.2, 0.25) is 0 Å². The maximum atomic E-state index is 11.8. The second kappa shape index (κ2) is 4.29. The number of carbonyl (C=O) groups excluding carboxylic acids is 1. The van der Waals surface area contributed by atoms with E-state index in [0.29, 0.717) is 15.0 Å². The van der Waals surface area contributed by atoms with Gasteiger partial charge >= 0.3 is 0 Å². The second-order valence-electron chi connectivity index (χ2n) is 3.85. The van der Waals surface area contributed by atoms with Crippen LogP contribution in [0.15, 0.2) is 23.1 Å². The molecule has 6 heteroatoms. The summed E-state index contributed by atoms with van der Waals surface area (Å²) in [5.41, 5.74) is 0.896. The highest BCUT2D eigenvalue weighted by Gasteiger charge is 2.28. The smallest absolute Gasteiger partial charge is 0.265 e.